The van der Waals surface area contributed by atoms with Gasteiger partial charge in [0, 0.05) is 10.8 Å². The van der Waals surface area contributed by atoms with Crippen molar-refractivity contribution >= 4 is 55.4 Å². The molecule has 0 amide bonds. The Morgan fingerprint density at radius 3 is 1.22 bits per heavy atom. The third-order valence-electron chi connectivity index (χ3n) is 11.4. The Morgan fingerprint density at radius 2 is 0.972 bits per heavy atom. The fraction of sp³-hybridized carbons (Fsp3) is 0.643. The molecule has 0 saturated heterocycles. The van der Waals surface area contributed by atoms with Gasteiger partial charge in [-0.15, -0.1) is 0 Å². The Labute approximate surface area is 228 Å². The van der Waals surface area contributed by atoms with Crippen molar-refractivity contribution < 1.29 is 28.7 Å². The molecule has 0 aromatic heterocycles. The number of halogens is 2. The van der Waals surface area contributed by atoms with Crippen molar-refractivity contribution in [2.24, 2.45) is 32.5 Å². The average molecular weight is 624 g/mol. The summed E-state index contributed by atoms with van der Waals surface area (Å²) in [6.45, 7) is 11.8. The molecule has 4 aliphatic carbocycles. The number of ketones is 2. The molecule has 0 radical (unpaired) electrons. The number of Topliss-reactive ketones (excluding diaryl/α,β-unsaturated/α-hetero) is 2. The summed E-state index contributed by atoms with van der Waals surface area (Å²) in [5.41, 5.74) is -4.13. The quantitative estimate of drug-likeness (QED) is 0.239. The van der Waals surface area contributed by atoms with Gasteiger partial charge >= 0.3 is 11.9 Å². The van der Waals surface area contributed by atoms with Gasteiger partial charge in [-0.2, -0.15) is 0 Å². The molecule has 1 aromatic carbocycles. The first-order chi connectivity index (χ1) is 16.5. The summed E-state index contributed by atoms with van der Waals surface area (Å²) < 4.78 is 11.6. The van der Waals surface area contributed by atoms with Crippen LogP contribution in [0.2, 0.25) is 0 Å². The van der Waals surface area contributed by atoms with E-state index in [1.54, 1.807) is 24.3 Å². The third kappa shape index (κ3) is 2.63. The van der Waals surface area contributed by atoms with Crippen LogP contribution in [0.5, 0.6) is 11.5 Å². The van der Waals surface area contributed by atoms with E-state index in [0.29, 0.717) is 37.2 Å². The molecule has 1 aromatic rings. The summed E-state index contributed by atoms with van der Waals surface area (Å²) in [7, 11) is 0. The van der Waals surface area contributed by atoms with E-state index < -0.39 is 54.1 Å². The highest BCUT2D eigenvalue weighted by molar-refractivity contribution is 9.10. The lowest BCUT2D eigenvalue weighted by Gasteiger charge is -2.38. The number of fused-ring (bicyclic) bond motifs is 4. The summed E-state index contributed by atoms with van der Waals surface area (Å²) in [5.74, 6) is -0.104. The molecule has 0 N–H and O–H groups in total. The van der Waals surface area contributed by atoms with Crippen LogP contribution in [0.15, 0.2) is 24.3 Å². The topological polar surface area (TPSA) is 86.7 Å². The Kier molecular flexibility index (Phi) is 5.45. The van der Waals surface area contributed by atoms with Gasteiger partial charge in [0.1, 0.15) is 11.5 Å². The van der Waals surface area contributed by atoms with Gasteiger partial charge in [-0.25, -0.2) is 0 Å². The molecule has 36 heavy (non-hydrogen) atoms. The SMILES string of the molecule is CC12CCC(C(=O)Oc3ccc(OC(=O)C45CCC(C)(C(=O)C4Br)C5(C)C)cc3)(C(Br)C1=O)C2(C)C. The first-order valence-corrected chi connectivity index (χ1v) is 14.3. The number of hydrogen-bond donors (Lipinski definition) is 0. The molecule has 4 saturated carbocycles. The van der Waals surface area contributed by atoms with Crippen molar-refractivity contribution in [3.63, 3.8) is 0 Å². The zero-order chi connectivity index (χ0) is 26.7. The van der Waals surface area contributed by atoms with Crippen LogP contribution in [0.1, 0.15) is 67.2 Å². The van der Waals surface area contributed by atoms with E-state index >= 15 is 0 Å². The highest BCUT2D eigenvalue weighted by Gasteiger charge is 2.78. The van der Waals surface area contributed by atoms with Gasteiger partial charge in [0.2, 0.25) is 0 Å². The molecule has 0 aliphatic heterocycles. The summed E-state index contributed by atoms with van der Waals surface area (Å²) in [4.78, 5) is 51.7. The van der Waals surface area contributed by atoms with Crippen LogP contribution in [0.25, 0.3) is 0 Å². The normalized spacial score (nSPS) is 41.6. The predicted molar refractivity (Wildman–Crippen MR) is 140 cm³/mol. The number of esters is 2. The number of hydrogen-bond acceptors (Lipinski definition) is 6. The molecular formula is C28H32Br2O6. The Morgan fingerprint density at radius 1 is 0.667 bits per heavy atom. The summed E-state index contributed by atoms with van der Waals surface area (Å²) in [6.07, 6.45) is 2.46. The van der Waals surface area contributed by atoms with Gasteiger partial charge in [0.05, 0.1) is 20.5 Å². The molecule has 0 heterocycles. The minimum Gasteiger partial charge on any atom is -0.426 e. The van der Waals surface area contributed by atoms with Gasteiger partial charge in [-0.05, 0) is 60.8 Å². The minimum absolute atomic E-state index is 0.0544. The van der Waals surface area contributed by atoms with E-state index in [2.05, 4.69) is 31.9 Å². The second-order valence-electron chi connectivity index (χ2n) is 12.6. The van der Waals surface area contributed by atoms with Gasteiger partial charge in [0.25, 0.3) is 0 Å². The maximum Gasteiger partial charge on any atom is 0.319 e. The van der Waals surface area contributed by atoms with Crippen molar-refractivity contribution in [3.05, 3.63) is 24.3 Å². The van der Waals surface area contributed by atoms with Gasteiger partial charge in [-0.1, -0.05) is 73.4 Å². The number of benzene rings is 1. The smallest absolute Gasteiger partial charge is 0.319 e. The monoisotopic (exact) mass is 622 g/mol. The van der Waals surface area contributed by atoms with Crippen LogP contribution in [0.4, 0.5) is 0 Å². The van der Waals surface area contributed by atoms with Crippen molar-refractivity contribution in [2.75, 3.05) is 0 Å². The Bertz CT molecular complexity index is 1110. The summed E-state index contributed by atoms with van der Waals surface area (Å²) in [5, 5.41) is 0. The fourth-order valence-corrected chi connectivity index (χ4v) is 10.8. The van der Waals surface area contributed by atoms with Crippen LogP contribution in [0, 0.1) is 32.5 Å². The van der Waals surface area contributed by atoms with E-state index in [4.69, 9.17) is 9.47 Å². The van der Waals surface area contributed by atoms with Gasteiger partial charge in [-0.3, -0.25) is 19.2 Å². The van der Waals surface area contributed by atoms with Crippen LogP contribution < -0.4 is 9.47 Å². The average Bonchev–Trinajstić information content (AvgIpc) is 3.25. The second-order valence-corrected chi connectivity index (χ2v) is 14.4. The van der Waals surface area contributed by atoms with Crippen LogP contribution in [0.3, 0.4) is 0 Å². The van der Waals surface area contributed by atoms with E-state index in [1.165, 1.54) is 0 Å². The number of carbonyl (C=O) groups is 4. The largest absolute Gasteiger partial charge is 0.426 e. The van der Waals surface area contributed by atoms with Crippen molar-refractivity contribution in [1.82, 2.24) is 0 Å². The standard InChI is InChI=1S/C28H32Br2O6/c1-23(2)25(5)11-13-27(23,17(29)19(25)31)21(33)35-15-7-9-16(10-8-15)36-22(34)28-14-12-26(6,24(28,3)4)20(32)18(28)30/h7-10,17-18H,11-14H2,1-6H3. The lowest BCUT2D eigenvalue weighted by atomic mass is 9.65. The van der Waals surface area contributed by atoms with E-state index in [0.717, 1.165) is 0 Å². The zero-order valence-electron chi connectivity index (χ0n) is 21.5. The van der Waals surface area contributed by atoms with E-state index in [-0.39, 0.29) is 11.6 Å². The lowest BCUT2D eigenvalue weighted by molar-refractivity contribution is -0.151. The molecule has 6 unspecified atom stereocenters. The van der Waals surface area contributed by atoms with Crippen LogP contribution >= 0.6 is 31.9 Å². The fourth-order valence-electron chi connectivity index (χ4n) is 7.78. The molecule has 5 rings (SSSR count). The molecule has 6 nitrogen and oxygen atoms in total. The molecule has 8 heteroatoms. The number of rotatable bonds is 4. The maximum absolute atomic E-state index is 13.5. The summed E-state index contributed by atoms with van der Waals surface area (Å²) in [6, 6.07) is 6.35. The molecular weight excluding hydrogens is 592 g/mol. The first kappa shape index (κ1) is 26.1. The van der Waals surface area contributed by atoms with Crippen molar-refractivity contribution in [1.29, 1.82) is 0 Å². The van der Waals surface area contributed by atoms with Gasteiger partial charge in [0.15, 0.2) is 11.6 Å². The minimum atomic E-state index is -0.941. The molecule has 6 atom stereocenters. The Balaban J connectivity index is 1.34. The van der Waals surface area contributed by atoms with Crippen molar-refractivity contribution in [2.45, 2.75) is 76.9 Å². The summed E-state index contributed by atoms with van der Waals surface area (Å²) >= 11 is 7.03. The van der Waals surface area contributed by atoms with E-state index in [9.17, 15) is 19.2 Å². The molecule has 194 valence electrons. The maximum atomic E-state index is 13.5. The number of ether oxygens (including phenoxy) is 2. The van der Waals surface area contributed by atoms with Crippen molar-refractivity contribution in [3.8, 4) is 11.5 Å². The highest BCUT2D eigenvalue weighted by atomic mass is 79.9. The molecule has 4 fully saturated rings. The van der Waals surface area contributed by atoms with Crippen LogP contribution in [-0.4, -0.2) is 33.2 Å². The van der Waals surface area contributed by atoms with E-state index in [1.807, 2.05) is 41.5 Å². The first-order valence-electron chi connectivity index (χ1n) is 12.5. The highest BCUT2D eigenvalue weighted by Crippen LogP contribution is 2.73. The van der Waals surface area contributed by atoms with Crippen LogP contribution in [-0.2, 0) is 19.2 Å². The molecule has 4 bridgehead atoms. The van der Waals surface area contributed by atoms with Gasteiger partial charge < -0.3 is 9.47 Å². The number of carbonyl (C=O) groups excluding carboxylic acids is 4. The lowest BCUT2D eigenvalue weighted by Crippen LogP contribution is -2.47. The molecule has 0 spiro atoms. The third-order valence-corrected chi connectivity index (χ3v) is 13.8. The Hall–Kier alpha value is -1.54. The number of alkyl halides is 2. The zero-order valence-corrected chi connectivity index (χ0v) is 24.7. The second kappa shape index (κ2) is 7.52. The molecule has 4 aliphatic rings. The predicted octanol–water partition coefficient (Wildman–Crippen LogP) is 5.82.